The number of aryl methyl sites for hydroxylation is 1. The molecule has 0 unspecified atom stereocenters. The number of methoxy groups -OCH3 is 1. The number of anilines is 2. The van der Waals surface area contributed by atoms with Gasteiger partial charge in [0.25, 0.3) is 5.91 Å². The first-order chi connectivity index (χ1) is 14.5. The second kappa shape index (κ2) is 10.1. The zero-order valence-corrected chi connectivity index (χ0v) is 17.9. The lowest BCUT2D eigenvalue weighted by molar-refractivity contribution is -0.152. The second-order valence-corrected chi connectivity index (χ2v) is 7.70. The van der Waals surface area contributed by atoms with E-state index in [1.807, 2.05) is 49.4 Å². The van der Waals surface area contributed by atoms with Crippen LogP contribution < -0.4 is 15.0 Å². The number of nitrogens with one attached hydrogen (secondary N) is 1. The van der Waals surface area contributed by atoms with E-state index >= 15 is 0 Å². The summed E-state index contributed by atoms with van der Waals surface area (Å²) in [5, 5.41) is 2.81. The Morgan fingerprint density at radius 1 is 1.07 bits per heavy atom. The number of piperidine rings is 1. The van der Waals surface area contributed by atoms with Crippen LogP contribution in [-0.2, 0) is 20.7 Å². The van der Waals surface area contributed by atoms with Gasteiger partial charge in [-0.05, 0) is 74.6 Å². The molecule has 1 atom stereocenters. The summed E-state index contributed by atoms with van der Waals surface area (Å²) in [5.41, 5.74) is 3.63. The molecule has 1 fully saturated rings. The van der Waals surface area contributed by atoms with Gasteiger partial charge in [0.05, 0.1) is 13.5 Å². The number of carbonyl (C=O) groups is 2. The topological polar surface area (TPSA) is 67.9 Å². The Kier molecular flexibility index (Phi) is 7.33. The summed E-state index contributed by atoms with van der Waals surface area (Å²) in [7, 11) is 1.59. The first kappa shape index (κ1) is 21.7. The minimum Gasteiger partial charge on any atom is -0.496 e. The molecule has 1 saturated heterocycles. The highest BCUT2D eigenvalue weighted by Crippen LogP contribution is 2.22. The van der Waals surface area contributed by atoms with Crippen LogP contribution in [0.25, 0.3) is 0 Å². The number of benzene rings is 2. The molecule has 2 aromatic carbocycles. The van der Waals surface area contributed by atoms with E-state index in [0.717, 1.165) is 30.0 Å². The van der Waals surface area contributed by atoms with Crippen LogP contribution in [0.4, 0.5) is 11.4 Å². The summed E-state index contributed by atoms with van der Waals surface area (Å²) in [6.07, 6.45) is 2.93. The Balaban J connectivity index is 1.50. The van der Waals surface area contributed by atoms with Gasteiger partial charge in [-0.15, -0.1) is 0 Å². The highest BCUT2D eigenvalue weighted by Gasteiger charge is 2.19. The minimum atomic E-state index is -0.883. The van der Waals surface area contributed by atoms with E-state index in [4.69, 9.17) is 9.47 Å². The van der Waals surface area contributed by atoms with E-state index in [-0.39, 0.29) is 12.3 Å². The van der Waals surface area contributed by atoms with Crippen LogP contribution in [0.2, 0.25) is 0 Å². The van der Waals surface area contributed by atoms with Gasteiger partial charge in [0, 0.05) is 24.5 Å². The molecule has 6 nitrogen and oxygen atoms in total. The molecule has 0 aromatic heterocycles. The number of rotatable bonds is 7. The lowest BCUT2D eigenvalue weighted by Gasteiger charge is -2.28. The normalized spacial score (nSPS) is 14.7. The third-order valence-corrected chi connectivity index (χ3v) is 5.35. The minimum absolute atomic E-state index is 0.0821. The number of carbonyl (C=O) groups excluding carboxylic acids is 2. The van der Waals surface area contributed by atoms with Crippen LogP contribution in [0.15, 0.2) is 42.5 Å². The van der Waals surface area contributed by atoms with Crippen LogP contribution in [0.1, 0.15) is 37.3 Å². The highest BCUT2D eigenvalue weighted by atomic mass is 16.5. The molecule has 1 heterocycles. The maximum absolute atomic E-state index is 12.4. The zero-order chi connectivity index (χ0) is 21.5. The fourth-order valence-corrected chi connectivity index (χ4v) is 3.58. The van der Waals surface area contributed by atoms with E-state index in [0.29, 0.717) is 5.69 Å². The maximum atomic E-state index is 12.4. The average molecular weight is 411 g/mol. The maximum Gasteiger partial charge on any atom is 0.311 e. The average Bonchev–Trinajstić information content (AvgIpc) is 2.76. The predicted molar refractivity (Wildman–Crippen MR) is 118 cm³/mol. The fourth-order valence-electron chi connectivity index (χ4n) is 3.58. The molecule has 0 radical (unpaired) electrons. The molecule has 1 aliphatic rings. The number of ether oxygens (including phenoxy) is 2. The van der Waals surface area contributed by atoms with Gasteiger partial charge in [0.2, 0.25) is 0 Å². The van der Waals surface area contributed by atoms with Crippen molar-refractivity contribution in [2.24, 2.45) is 0 Å². The molecular formula is C24H30N2O4. The van der Waals surface area contributed by atoms with Crippen molar-refractivity contribution in [1.82, 2.24) is 0 Å². The van der Waals surface area contributed by atoms with Gasteiger partial charge >= 0.3 is 5.97 Å². The van der Waals surface area contributed by atoms with Crippen LogP contribution >= 0.6 is 0 Å². The smallest absolute Gasteiger partial charge is 0.311 e. The molecule has 1 aliphatic heterocycles. The van der Waals surface area contributed by atoms with Crippen molar-refractivity contribution in [2.75, 3.05) is 30.4 Å². The first-order valence-electron chi connectivity index (χ1n) is 10.4. The van der Waals surface area contributed by atoms with E-state index in [2.05, 4.69) is 10.2 Å². The van der Waals surface area contributed by atoms with Crippen LogP contribution in [0.3, 0.4) is 0 Å². The van der Waals surface area contributed by atoms with Crippen LogP contribution in [0, 0.1) is 6.92 Å². The summed E-state index contributed by atoms with van der Waals surface area (Å²) in [4.78, 5) is 27.0. The third-order valence-electron chi connectivity index (χ3n) is 5.35. The summed E-state index contributed by atoms with van der Waals surface area (Å²) in [6.45, 7) is 5.66. The SMILES string of the molecule is COc1cc(CC(=O)O[C@H](C)C(=O)Nc2ccc(N3CCCCC3)cc2)ccc1C. The van der Waals surface area contributed by atoms with Crippen LogP contribution in [0.5, 0.6) is 5.75 Å². The molecule has 3 rings (SSSR count). The number of hydrogen-bond donors (Lipinski definition) is 1. The fraction of sp³-hybridized carbons (Fsp3) is 0.417. The number of esters is 1. The van der Waals surface area contributed by atoms with E-state index < -0.39 is 12.1 Å². The molecule has 1 N–H and O–H groups in total. The lowest BCUT2D eigenvalue weighted by atomic mass is 10.1. The first-order valence-corrected chi connectivity index (χ1v) is 10.4. The van der Waals surface area contributed by atoms with Crippen LogP contribution in [-0.4, -0.2) is 38.2 Å². The van der Waals surface area contributed by atoms with Gasteiger partial charge in [0.1, 0.15) is 5.75 Å². The van der Waals surface area contributed by atoms with E-state index in [1.54, 1.807) is 14.0 Å². The monoisotopic (exact) mass is 410 g/mol. The second-order valence-electron chi connectivity index (χ2n) is 7.70. The number of hydrogen-bond acceptors (Lipinski definition) is 5. The summed E-state index contributed by atoms with van der Waals surface area (Å²) in [5.74, 6) is -0.0846. The molecule has 0 spiro atoms. The summed E-state index contributed by atoms with van der Waals surface area (Å²) < 4.78 is 10.6. The molecule has 30 heavy (non-hydrogen) atoms. The van der Waals surface area contributed by atoms with Crippen molar-refractivity contribution in [3.8, 4) is 5.75 Å². The van der Waals surface area contributed by atoms with Crippen molar-refractivity contribution in [3.63, 3.8) is 0 Å². The molecule has 160 valence electrons. The molecule has 0 aliphatic carbocycles. The molecule has 2 aromatic rings. The predicted octanol–water partition coefficient (Wildman–Crippen LogP) is 4.11. The molecular weight excluding hydrogens is 380 g/mol. The van der Waals surface area contributed by atoms with Gasteiger partial charge in [-0.3, -0.25) is 9.59 Å². The number of amides is 1. The summed E-state index contributed by atoms with van der Waals surface area (Å²) in [6, 6.07) is 13.4. The zero-order valence-electron chi connectivity index (χ0n) is 17.9. The Morgan fingerprint density at radius 3 is 2.43 bits per heavy atom. The Labute approximate surface area is 178 Å². The standard InChI is InChI=1S/C24H30N2O4/c1-17-7-8-19(15-22(17)29-3)16-23(27)30-18(2)24(28)25-20-9-11-21(12-10-20)26-13-5-4-6-14-26/h7-12,15,18H,4-6,13-14,16H2,1-3H3,(H,25,28)/t18-/m1/s1. The van der Waals surface area contributed by atoms with Gasteiger partial charge in [-0.1, -0.05) is 12.1 Å². The lowest BCUT2D eigenvalue weighted by Crippen LogP contribution is -2.31. The Bertz CT molecular complexity index is 873. The van der Waals surface area contributed by atoms with Crippen molar-refractivity contribution >= 4 is 23.3 Å². The molecule has 0 bridgehead atoms. The molecule has 1 amide bonds. The van der Waals surface area contributed by atoms with E-state index in [1.165, 1.54) is 24.9 Å². The number of nitrogens with zero attached hydrogens (tertiary/aromatic N) is 1. The largest absolute Gasteiger partial charge is 0.496 e. The van der Waals surface area contributed by atoms with Crippen molar-refractivity contribution < 1.29 is 19.1 Å². The third kappa shape index (κ3) is 5.75. The Morgan fingerprint density at radius 2 is 1.77 bits per heavy atom. The summed E-state index contributed by atoms with van der Waals surface area (Å²) >= 11 is 0. The Hall–Kier alpha value is -3.02. The van der Waals surface area contributed by atoms with Gasteiger partial charge in [0.15, 0.2) is 6.10 Å². The van der Waals surface area contributed by atoms with Crippen molar-refractivity contribution in [1.29, 1.82) is 0 Å². The van der Waals surface area contributed by atoms with Gasteiger partial charge in [-0.2, -0.15) is 0 Å². The van der Waals surface area contributed by atoms with Crippen molar-refractivity contribution in [3.05, 3.63) is 53.6 Å². The molecule has 0 saturated carbocycles. The van der Waals surface area contributed by atoms with E-state index in [9.17, 15) is 9.59 Å². The van der Waals surface area contributed by atoms with Gasteiger partial charge < -0.3 is 19.7 Å². The molecule has 6 heteroatoms. The highest BCUT2D eigenvalue weighted by molar-refractivity contribution is 5.95. The quantitative estimate of drug-likeness (QED) is 0.696. The van der Waals surface area contributed by atoms with Crippen molar-refractivity contribution in [2.45, 2.75) is 45.6 Å². The van der Waals surface area contributed by atoms with Gasteiger partial charge in [-0.25, -0.2) is 0 Å².